The highest BCUT2D eigenvalue weighted by Gasteiger charge is 2.44. The van der Waals surface area contributed by atoms with Crippen molar-refractivity contribution in [1.82, 2.24) is 24.3 Å². The van der Waals surface area contributed by atoms with Crippen LogP contribution in [0.15, 0.2) is 85.1 Å². The fourth-order valence-electron chi connectivity index (χ4n) is 8.82. The molecule has 1 amide bonds. The summed E-state index contributed by atoms with van der Waals surface area (Å²) in [4.78, 5) is 26.8. The molecule has 3 saturated heterocycles. The first-order valence-electron chi connectivity index (χ1n) is 16.2. The van der Waals surface area contributed by atoms with Gasteiger partial charge in [0.05, 0.1) is 16.6 Å². The molecule has 8 rings (SSSR count). The van der Waals surface area contributed by atoms with E-state index >= 15 is 0 Å². The van der Waals surface area contributed by atoms with Gasteiger partial charge in [0, 0.05) is 48.3 Å². The van der Waals surface area contributed by atoms with Crippen LogP contribution in [0.4, 0.5) is 0 Å². The number of piperidine rings is 2. The number of likely N-dealkylation sites (tertiary alicyclic amines) is 1. The molecule has 43 heavy (non-hydrogen) atoms. The number of nitrogens with one attached hydrogen (secondary N) is 1. The van der Waals surface area contributed by atoms with Gasteiger partial charge in [-0.1, -0.05) is 60.7 Å². The van der Waals surface area contributed by atoms with Crippen LogP contribution in [0.3, 0.4) is 0 Å². The number of hydrogen-bond acceptors (Lipinski definition) is 3. The Kier molecular flexibility index (Phi) is 6.63. The van der Waals surface area contributed by atoms with Crippen molar-refractivity contribution in [2.45, 2.75) is 75.4 Å². The lowest BCUT2D eigenvalue weighted by Gasteiger charge is -2.45. The molecule has 0 spiro atoms. The maximum Gasteiger partial charge on any atom is 0.256 e. The van der Waals surface area contributed by atoms with Gasteiger partial charge in [-0.15, -0.1) is 0 Å². The van der Waals surface area contributed by atoms with Crippen molar-refractivity contribution >= 4 is 27.8 Å². The van der Waals surface area contributed by atoms with Crippen LogP contribution in [-0.4, -0.2) is 62.0 Å². The summed E-state index contributed by atoms with van der Waals surface area (Å²) in [6, 6.07) is 29.7. The Labute approximate surface area is 253 Å². The minimum absolute atomic E-state index is 0.103. The summed E-state index contributed by atoms with van der Waals surface area (Å²) < 4.78 is 2.53. The third-order valence-electron chi connectivity index (χ3n) is 11.1. The third kappa shape index (κ3) is 4.58. The summed E-state index contributed by atoms with van der Waals surface area (Å²) in [7, 11) is 0. The van der Waals surface area contributed by atoms with Crippen LogP contribution in [0, 0.1) is 6.92 Å². The van der Waals surface area contributed by atoms with E-state index in [-0.39, 0.29) is 11.3 Å². The van der Waals surface area contributed by atoms with Crippen molar-refractivity contribution in [3.05, 3.63) is 102 Å². The van der Waals surface area contributed by atoms with Crippen LogP contribution in [0.2, 0.25) is 0 Å². The van der Waals surface area contributed by atoms with Crippen molar-refractivity contribution in [1.29, 1.82) is 0 Å². The van der Waals surface area contributed by atoms with Gasteiger partial charge in [0.25, 0.3) is 5.91 Å². The monoisotopic (exact) mass is 571 g/mol. The fraction of sp³-hybridized carbons (Fsp3) is 0.405. The molecule has 0 aliphatic carbocycles. The first-order chi connectivity index (χ1) is 21.1. The van der Waals surface area contributed by atoms with Gasteiger partial charge in [0.1, 0.15) is 5.82 Å². The number of fused-ring (bicyclic) bond motifs is 4. The molecule has 3 aromatic carbocycles. The molecule has 0 radical (unpaired) electrons. The van der Waals surface area contributed by atoms with E-state index in [2.05, 4.69) is 80.9 Å². The first kappa shape index (κ1) is 26.7. The molecule has 0 saturated carbocycles. The standard InChI is InChI=1S/C37H41N5O/c1-26-39-34-13-7-8-14-35(34)42(26)30-23-28-15-16-29(24-30)41(28)22-19-37(27-9-3-2-4-10-27)17-20-40(21-18-37)36(43)32-25-38-33-12-6-5-11-31(32)33/h2-14,25,28-30,38H,15-24H2,1H3/t28-,29+,30+. The summed E-state index contributed by atoms with van der Waals surface area (Å²) in [5.41, 5.74) is 5.77. The number of aryl methyl sites for hydroxylation is 1. The highest BCUT2D eigenvalue weighted by atomic mass is 16.2. The van der Waals surface area contributed by atoms with Crippen molar-refractivity contribution in [2.24, 2.45) is 0 Å². The SMILES string of the molecule is Cc1nc2ccccc2n1[C@H]1C[C@H]2CC[C@@H](C1)N2CCC1(c2ccccc2)CCN(C(=O)c2c[nH]c3ccccc23)CC1. The van der Waals surface area contributed by atoms with Gasteiger partial charge in [-0.25, -0.2) is 4.98 Å². The van der Waals surface area contributed by atoms with Crippen molar-refractivity contribution in [3.63, 3.8) is 0 Å². The number of rotatable bonds is 6. The molecule has 1 N–H and O–H groups in total. The molecule has 5 aromatic rings. The van der Waals surface area contributed by atoms with Crippen molar-refractivity contribution in [2.75, 3.05) is 19.6 Å². The van der Waals surface area contributed by atoms with Gasteiger partial charge in [-0.2, -0.15) is 0 Å². The number of benzene rings is 3. The highest BCUT2D eigenvalue weighted by molar-refractivity contribution is 6.06. The largest absolute Gasteiger partial charge is 0.360 e. The minimum atomic E-state index is 0.103. The molecule has 2 aromatic heterocycles. The average Bonchev–Trinajstić information content (AvgIpc) is 3.70. The zero-order valence-electron chi connectivity index (χ0n) is 25.1. The summed E-state index contributed by atoms with van der Waals surface area (Å²) in [5.74, 6) is 1.30. The second-order valence-corrected chi connectivity index (χ2v) is 13.2. The molecule has 0 unspecified atom stereocenters. The number of aromatic nitrogens is 3. The van der Waals surface area contributed by atoms with Gasteiger partial charge in [-0.3, -0.25) is 9.69 Å². The number of para-hydroxylation sites is 3. The smallest absolute Gasteiger partial charge is 0.256 e. The highest BCUT2D eigenvalue weighted by Crippen LogP contribution is 2.45. The van der Waals surface area contributed by atoms with E-state index in [0.29, 0.717) is 18.1 Å². The molecule has 5 heterocycles. The number of hydrogen-bond donors (Lipinski definition) is 1. The summed E-state index contributed by atoms with van der Waals surface area (Å²) in [6.45, 7) is 4.91. The van der Waals surface area contributed by atoms with E-state index in [1.54, 1.807) is 0 Å². The summed E-state index contributed by atoms with van der Waals surface area (Å²) >= 11 is 0. The average molecular weight is 572 g/mol. The normalized spacial score (nSPS) is 23.7. The van der Waals surface area contributed by atoms with E-state index in [1.807, 2.05) is 30.5 Å². The zero-order valence-corrected chi connectivity index (χ0v) is 25.1. The molecule has 3 atom stereocenters. The van der Waals surface area contributed by atoms with Crippen LogP contribution < -0.4 is 0 Å². The molecular weight excluding hydrogens is 530 g/mol. The number of aromatic amines is 1. The van der Waals surface area contributed by atoms with Crippen molar-refractivity contribution in [3.8, 4) is 0 Å². The number of carbonyl (C=O) groups excluding carboxylic acids is 1. The van der Waals surface area contributed by atoms with Crippen LogP contribution in [-0.2, 0) is 5.41 Å². The maximum absolute atomic E-state index is 13.6. The van der Waals surface area contributed by atoms with Crippen LogP contribution in [0.25, 0.3) is 21.9 Å². The van der Waals surface area contributed by atoms with E-state index in [0.717, 1.165) is 66.7 Å². The van der Waals surface area contributed by atoms with E-state index in [4.69, 9.17) is 4.98 Å². The lowest BCUT2D eigenvalue weighted by atomic mass is 9.70. The predicted octanol–water partition coefficient (Wildman–Crippen LogP) is 7.26. The fourth-order valence-corrected chi connectivity index (χ4v) is 8.82. The number of amides is 1. The Bertz CT molecular complexity index is 1750. The predicted molar refractivity (Wildman–Crippen MR) is 172 cm³/mol. The zero-order chi connectivity index (χ0) is 29.0. The first-order valence-corrected chi connectivity index (χ1v) is 16.2. The Balaban J connectivity index is 0.987. The number of nitrogens with zero attached hydrogens (tertiary/aromatic N) is 4. The Morgan fingerprint density at radius 1 is 0.884 bits per heavy atom. The molecule has 3 aliphatic rings. The molecule has 3 aliphatic heterocycles. The molecule has 6 heteroatoms. The lowest BCUT2D eigenvalue weighted by molar-refractivity contribution is 0.0608. The quantitative estimate of drug-likeness (QED) is 0.233. The summed E-state index contributed by atoms with van der Waals surface area (Å²) in [5, 5.41) is 1.02. The number of imidazole rings is 1. The number of carbonyl (C=O) groups is 1. The van der Waals surface area contributed by atoms with Gasteiger partial charge in [-0.05, 0) is 87.6 Å². The molecule has 2 bridgehead atoms. The minimum Gasteiger partial charge on any atom is -0.360 e. The molecule has 6 nitrogen and oxygen atoms in total. The third-order valence-corrected chi connectivity index (χ3v) is 11.1. The Hall–Kier alpha value is -3.90. The van der Waals surface area contributed by atoms with Crippen LogP contribution in [0.1, 0.15) is 72.7 Å². The molecule has 220 valence electrons. The second-order valence-electron chi connectivity index (χ2n) is 13.2. The lowest BCUT2D eigenvalue weighted by Crippen LogP contribution is -2.49. The van der Waals surface area contributed by atoms with Gasteiger partial charge in [0.15, 0.2) is 0 Å². The Morgan fingerprint density at radius 2 is 1.58 bits per heavy atom. The topological polar surface area (TPSA) is 57.2 Å². The van der Waals surface area contributed by atoms with Gasteiger partial charge >= 0.3 is 0 Å². The second kappa shape index (κ2) is 10.7. The van der Waals surface area contributed by atoms with Crippen LogP contribution >= 0.6 is 0 Å². The van der Waals surface area contributed by atoms with Crippen molar-refractivity contribution < 1.29 is 4.79 Å². The van der Waals surface area contributed by atoms with Gasteiger partial charge in [0.2, 0.25) is 0 Å². The summed E-state index contributed by atoms with van der Waals surface area (Å²) in [6.07, 6.45) is 10.1. The molecular formula is C37H41N5O. The Morgan fingerprint density at radius 3 is 2.37 bits per heavy atom. The van der Waals surface area contributed by atoms with E-state index < -0.39 is 0 Å². The van der Waals surface area contributed by atoms with E-state index in [1.165, 1.54) is 36.8 Å². The molecule has 3 fully saturated rings. The van der Waals surface area contributed by atoms with Gasteiger partial charge < -0.3 is 14.5 Å². The number of H-pyrrole nitrogens is 1. The van der Waals surface area contributed by atoms with Crippen LogP contribution in [0.5, 0.6) is 0 Å². The van der Waals surface area contributed by atoms with E-state index in [9.17, 15) is 4.79 Å². The maximum atomic E-state index is 13.6.